The van der Waals surface area contributed by atoms with Gasteiger partial charge in [0.15, 0.2) is 5.69 Å². The molecule has 3 aliphatic heterocycles. The smallest absolute Gasteiger partial charge is 0.299 e. The minimum atomic E-state index is -0.644. The van der Waals surface area contributed by atoms with Crippen molar-refractivity contribution in [1.82, 2.24) is 8.80 Å². The van der Waals surface area contributed by atoms with Gasteiger partial charge in [-0.1, -0.05) is 97.1 Å². The molecule has 4 nitrogen and oxygen atoms in total. The van der Waals surface area contributed by atoms with Crippen LogP contribution in [0.15, 0.2) is 133 Å². The van der Waals surface area contributed by atoms with Gasteiger partial charge in [-0.05, 0) is 46.5 Å². The maximum Gasteiger partial charge on any atom is 0.299 e. The molecule has 11 aromatic rings. The molecule has 0 saturated carbocycles. The molecule has 1 atom stereocenters. The number of hydrogen-bond donors (Lipinski definition) is 0. The van der Waals surface area contributed by atoms with Crippen LogP contribution in [0.4, 0.5) is 0 Å². The Morgan fingerprint density at radius 2 is 1.00 bits per heavy atom. The molecule has 14 rings (SSSR count). The molecule has 0 aliphatic carbocycles. The number of aromatic nitrogens is 3. The Labute approximate surface area is 271 Å². The van der Waals surface area contributed by atoms with Crippen LogP contribution in [-0.2, 0) is 5.54 Å². The Balaban J connectivity index is 1.37. The summed E-state index contributed by atoms with van der Waals surface area (Å²) in [7, 11) is 0. The van der Waals surface area contributed by atoms with E-state index in [4.69, 9.17) is 4.74 Å². The van der Waals surface area contributed by atoms with Crippen molar-refractivity contribution in [2.45, 2.75) is 5.54 Å². The van der Waals surface area contributed by atoms with Crippen LogP contribution in [-0.4, -0.2) is 8.80 Å². The lowest BCUT2D eigenvalue weighted by Gasteiger charge is -2.31. The third-order valence-electron chi connectivity index (χ3n) is 11.9. The highest BCUT2D eigenvalue weighted by Gasteiger charge is 2.64. The Morgan fingerprint density at radius 1 is 0.438 bits per heavy atom. The van der Waals surface area contributed by atoms with Crippen LogP contribution in [0.5, 0.6) is 11.6 Å². The van der Waals surface area contributed by atoms with Crippen LogP contribution < -0.4 is 9.30 Å². The third kappa shape index (κ3) is 2.08. The summed E-state index contributed by atoms with van der Waals surface area (Å²) < 4.78 is 14.8. The lowest BCUT2D eigenvalue weighted by Crippen LogP contribution is -2.58. The van der Waals surface area contributed by atoms with E-state index in [-0.39, 0.29) is 0 Å². The first kappa shape index (κ1) is 23.0. The zero-order valence-electron chi connectivity index (χ0n) is 25.5. The summed E-state index contributed by atoms with van der Waals surface area (Å²) in [5.41, 5.74) is 8.21. The molecular formula is C44H22N3O+. The van der Waals surface area contributed by atoms with Crippen LogP contribution in [0.1, 0.15) is 17.0 Å². The predicted octanol–water partition coefficient (Wildman–Crippen LogP) is 10.1. The van der Waals surface area contributed by atoms with Gasteiger partial charge in [-0.15, -0.1) is 0 Å². The maximum absolute atomic E-state index is 7.02. The van der Waals surface area contributed by atoms with E-state index in [9.17, 15) is 0 Å². The quantitative estimate of drug-likeness (QED) is 0.124. The van der Waals surface area contributed by atoms with Crippen LogP contribution in [0.2, 0.25) is 0 Å². The third-order valence-corrected chi connectivity index (χ3v) is 11.9. The summed E-state index contributed by atoms with van der Waals surface area (Å²) in [6, 6.07) is 49.6. The molecule has 48 heavy (non-hydrogen) atoms. The first-order valence-corrected chi connectivity index (χ1v) is 16.7. The van der Waals surface area contributed by atoms with Crippen LogP contribution in [0.3, 0.4) is 0 Å². The number of benzene rings is 6. The van der Waals surface area contributed by atoms with Gasteiger partial charge < -0.3 is 9.14 Å². The Morgan fingerprint density at radius 3 is 1.77 bits per heavy atom. The van der Waals surface area contributed by atoms with Gasteiger partial charge in [0.05, 0.1) is 27.7 Å². The second-order valence-electron chi connectivity index (χ2n) is 13.8. The van der Waals surface area contributed by atoms with Crippen molar-refractivity contribution in [2.24, 2.45) is 0 Å². The van der Waals surface area contributed by atoms with Crippen molar-refractivity contribution in [1.29, 1.82) is 0 Å². The molecule has 218 valence electrons. The highest BCUT2D eigenvalue weighted by molar-refractivity contribution is 6.28. The number of fused-ring (bicyclic) bond motifs is 14. The molecule has 0 radical (unpaired) electrons. The molecule has 8 heterocycles. The maximum atomic E-state index is 7.02. The average Bonchev–Trinajstić information content (AvgIpc) is 3.86. The van der Waals surface area contributed by atoms with Gasteiger partial charge in [0.1, 0.15) is 11.3 Å². The van der Waals surface area contributed by atoms with E-state index in [1.165, 1.54) is 104 Å². The van der Waals surface area contributed by atoms with E-state index in [2.05, 4.69) is 147 Å². The van der Waals surface area contributed by atoms with E-state index in [1.54, 1.807) is 0 Å². The van der Waals surface area contributed by atoms with Crippen molar-refractivity contribution < 1.29 is 9.30 Å². The van der Waals surface area contributed by atoms with Crippen molar-refractivity contribution >= 4 is 86.8 Å². The first-order valence-electron chi connectivity index (χ1n) is 16.7. The molecule has 0 saturated heterocycles. The Kier molecular flexibility index (Phi) is 3.41. The molecular weight excluding hydrogens is 587 g/mol. The predicted molar refractivity (Wildman–Crippen MR) is 193 cm³/mol. The van der Waals surface area contributed by atoms with Gasteiger partial charge in [-0.25, -0.2) is 0 Å². The number of nitrogens with zero attached hydrogens (tertiary/aromatic N) is 3. The zero-order valence-corrected chi connectivity index (χ0v) is 25.5. The van der Waals surface area contributed by atoms with Crippen molar-refractivity contribution in [3.8, 4) is 11.6 Å². The van der Waals surface area contributed by atoms with E-state index in [0.717, 1.165) is 11.6 Å². The molecule has 5 aromatic heterocycles. The highest BCUT2D eigenvalue weighted by Crippen LogP contribution is 2.61. The zero-order chi connectivity index (χ0) is 30.6. The topological polar surface area (TPSA) is 21.9 Å². The summed E-state index contributed by atoms with van der Waals surface area (Å²) in [6.45, 7) is 0. The summed E-state index contributed by atoms with van der Waals surface area (Å²) in [6.07, 6.45) is 0. The SMILES string of the molecule is c1ccc2c(c1)ccc1c2c2ccc3[n+]4c2n2c(c5ccccc5c12)C41c2c(ccc4c5ccccc5c5c6ccccc6c1n5c24)O3. The van der Waals surface area contributed by atoms with Gasteiger partial charge in [0, 0.05) is 49.2 Å². The normalized spacial score (nSPS) is 17.0. The molecule has 0 bridgehead atoms. The summed E-state index contributed by atoms with van der Waals surface area (Å²) in [4.78, 5) is 0. The van der Waals surface area contributed by atoms with E-state index in [0.29, 0.717) is 0 Å². The van der Waals surface area contributed by atoms with Crippen LogP contribution in [0, 0.1) is 0 Å². The van der Waals surface area contributed by atoms with Crippen molar-refractivity contribution in [2.75, 3.05) is 0 Å². The molecule has 4 heteroatoms. The van der Waals surface area contributed by atoms with Gasteiger partial charge in [0.25, 0.3) is 11.5 Å². The number of ether oxygens (including phenoxy) is 1. The second kappa shape index (κ2) is 7.12. The van der Waals surface area contributed by atoms with Gasteiger partial charge >= 0.3 is 0 Å². The van der Waals surface area contributed by atoms with E-state index in [1.807, 2.05) is 0 Å². The molecule has 0 fully saturated rings. The Hall–Kier alpha value is -6.39. The summed E-state index contributed by atoms with van der Waals surface area (Å²) in [5, 5.41) is 15.3. The largest absolute Gasteiger partial charge is 0.422 e. The minimum absolute atomic E-state index is 0.644. The monoisotopic (exact) mass is 608 g/mol. The summed E-state index contributed by atoms with van der Waals surface area (Å²) in [5.74, 6) is 1.81. The fourth-order valence-corrected chi connectivity index (χ4v) is 10.5. The molecule has 1 spiro atoms. The molecule has 3 aliphatic rings. The average molecular weight is 609 g/mol. The van der Waals surface area contributed by atoms with Gasteiger partial charge in [-0.2, -0.15) is 8.97 Å². The molecule has 6 aromatic carbocycles. The molecule has 0 amide bonds. The highest BCUT2D eigenvalue weighted by atomic mass is 16.5. The standard InChI is InChI=1S/C44H22N3O/c1-2-10-24-23(9-1)17-18-32-36(24)33-20-22-35-47-43(33)46-39(32)28-14-6-8-16-31(28)42(46)44(47)37-34(48-35)21-19-29-25-11-3-4-12-26(25)38-27-13-5-7-15-30(27)41(44)45(38)40(29)37/h1-22H/q+1. The fourth-order valence-electron chi connectivity index (χ4n) is 10.5. The lowest BCUT2D eigenvalue weighted by atomic mass is 9.80. The van der Waals surface area contributed by atoms with E-state index >= 15 is 0 Å². The minimum Gasteiger partial charge on any atom is -0.422 e. The first-order chi connectivity index (χ1) is 23.9. The fraction of sp³-hybridized carbons (Fsp3) is 0.0227. The van der Waals surface area contributed by atoms with Crippen molar-refractivity contribution in [3.63, 3.8) is 0 Å². The Bertz CT molecular complexity index is 3440. The molecule has 0 N–H and O–H groups in total. The van der Waals surface area contributed by atoms with Gasteiger partial charge in [-0.3, -0.25) is 0 Å². The van der Waals surface area contributed by atoms with Gasteiger partial charge in [0.2, 0.25) is 5.54 Å². The number of hydrogen-bond acceptors (Lipinski definition) is 1. The number of pyridine rings is 3. The summed E-state index contributed by atoms with van der Waals surface area (Å²) >= 11 is 0. The molecule has 1 unspecified atom stereocenters. The van der Waals surface area contributed by atoms with Crippen molar-refractivity contribution in [3.05, 3.63) is 150 Å². The second-order valence-corrected chi connectivity index (χ2v) is 13.8. The number of rotatable bonds is 0. The lowest BCUT2D eigenvalue weighted by molar-refractivity contribution is -0.712. The van der Waals surface area contributed by atoms with Crippen LogP contribution >= 0.6 is 0 Å². The van der Waals surface area contributed by atoms with E-state index < -0.39 is 5.54 Å². The van der Waals surface area contributed by atoms with Crippen LogP contribution in [0.25, 0.3) is 86.8 Å².